The summed E-state index contributed by atoms with van der Waals surface area (Å²) in [6, 6.07) is 0.402. The standard InChI is InChI=1S/C14H27NO3/c1-11(2)15-14(10-16)5-3-13(7-14)18-9-12-4-6-17-8-12/h11-13,15-16H,3-10H2,1-2H3. The number of hydrogen-bond donors (Lipinski definition) is 2. The highest BCUT2D eigenvalue weighted by atomic mass is 16.5. The van der Waals surface area contributed by atoms with Crippen molar-refractivity contribution in [3.63, 3.8) is 0 Å². The summed E-state index contributed by atoms with van der Waals surface area (Å²) in [5.41, 5.74) is -0.120. The molecule has 2 N–H and O–H groups in total. The van der Waals surface area contributed by atoms with Gasteiger partial charge in [-0.25, -0.2) is 0 Å². The molecule has 0 radical (unpaired) electrons. The molecule has 1 aliphatic carbocycles. The molecule has 3 atom stereocenters. The van der Waals surface area contributed by atoms with Gasteiger partial charge in [-0.15, -0.1) is 0 Å². The quantitative estimate of drug-likeness (QED) is 0.753. The minimum Gasteiger partial charge on any atom is -0.394 e. The number of aliphatic hydroxyl groups excluding tert-OH is 1. The second-order valence-corrected chi connectivity index (χ2v) is 6.17. The molecular weight excluding hydrogens is 230 g/mol. The van der Waals surface area contributed by atoms with Gasteiger partial charge < -0.3 is 19.9 Å². The summed E-state index contributed by atoms with van der Waals surface area (Å²) in [5.74, 6) is 0.576. The molecule has 2 fully saturated rings. The fourth-order valence-corrected chi connectivity index (χ4v) is 3.14. The molecule has 1 saturated heterocycles. The zero-order chi connectivity index (χ0) is 13.0. The molecule has 1 saturated carbocycles. The van der Waals surface area contributed by atoms with Crippen LogP contribution in [0.15, 0.2) is 0 Å². The lowest BCUT2D eigenvalue weighted by molar-refractivity contribution is 0.0217. The van der Waals surface area contributed by atoms with Crippen LogP contribution >= 0.6 is 0 Å². The molecular formula is C14H27NO3. The first kappa shape index (κ1) is 14.3. The van der Waals surface area contributed by atoms with Crippen LogP contribution in [0.5, 0.6) is 0 Å². The van der Waals surface area contributed by atoms with Gasteiger partial charge >= 0.3 is 0 Å². The molecule has 0 bridgehead atoms. The van der Waals surface area contributed by atoms with E-state index in [-0.39, 0.29) is 12.1 Å². The van der Waals surface area contributed by atoms with Crippen LogP contribution in [0.4, 0.5) is 0 Å². The van der Waals surface area contributed by atoms with Gasteiger partial charge in [0, 0.05) is 24.1 Å². The highest BCUT2D eigenvalue weighted by molar-refractivity contribution is 4.97. The molecule has 4 heteroatoms. The van der Waals surface area contributed by atoms with Crippen LogP contribution in [0.2, 0.25) is 0 Å². The second-order valence-electron chi connectivity index (χ2n) is 6.17. The summed E-state index contributed by atoms with van der Waals surface area (Å²) in [6.07, 6.45) is 4.41. The van der Waals surface area contributed by atoms with Gasteiger partial charge in [0.15, 0.2) is 0 Å². The number of hydrogen-bond acceptors (Lipinski definition) is 4. The predicted molar refractivity (Wildman–Crippen MR) is 70.6 cm³/mol. The lowest BCUT2D eigenvalue weighted by Crippen LogP contribution is -2.50. The molecule has 4 nitrogen and oxygen atoms in total. The van der Waals surface area contributed by atoms with Crippen LogP contribution in [0.3, 0.4) is 0 Å². The molecule has 0 aromatic rings. The Kier molecular flexibility index (Phi) is 5.01. The van der Waals surface area contributed by atoms with Crippen LogP contribution in [0.25, 0.3) is 0 Å². The van der Waals surface area contributed by atoms with Gasteiger partial charge in [-0.05, 0) is 25.7 Å². The molecule has 1 aliphatic heterocycles. The SMILES string of the molecule is CC(C)NC1(CO)CCC(OCC2CCOC2)C1. The molecule has 106 valence electrons. The van der Waals surface area contributed by atoms with Gasteiger partial charge in [-0.1, -0.05) is 13.8 Å². The fourth-order valence-electron chi connectivity index (χ4n) is 3.14. The molecule has 3 unspecified atom stereocenters. The third kappa shape index (κ3) is 3.67. The normalized spacial score (nSPS) is 36.7. The van der Waals surface area contributed by atoms with Gasteiger partial charge in [0.05, 0.1) is 25.9 Å². The first-order chi connectivity index (χ1) is 8.63. The van der Waals surface area contributed by atoms with Crippen LogP contribution in [0, 0.1) is 5.92 Å². The van der Waals surface area contributed by atoms with Gasteiger partial charge in [0.1, 0.15) is 0 Å². The van der Waals surface area contributed by atoms with Crippen molar-refractivity contribution in [1.29, 1.82) is 0 Å². The minimum atomic E-state index is -0.120. The highest BCUT2D eigenvalue weighted by Crippen LogP contribution is 2.32. The van der Waals surface area contributed by atoms with Crippen molar-refractivity contribution < 1.29 is 14.6 Å². The molecule has 0 aromatic heterocycles. The van der Waals surface area contributed by atoms with Crippen molar-refractivity contribution in [2.24, 2.45) is 5.92 Å². The maximum atomic E-state index is 9.62. The number of nitrogens with one attached hydrogen (secondary N) is 1. The minimum absolute atomic E-state index is 0.120. The molecule has 2 aliphatic rings. The van der Waals surface area contributed by atoms with Gasteiger partial charge in [0.2, 0.25) is 0 Å². The first-order valence-corrected chi connectivity index (χ1v) is 7.21. The van der Waals surface area contributed by atoms with E-state index in [9.17, 15) is 5.11 Å². The largest absolute Gasteiger partial charge is 0.394 e. The van der Waals surface area contributed by atoms with Crippen molar-refractivity contribution in [3.8, 4) is 0 Å². The van der Waals surface area contributed by atoms with Crippen LogP contribution < -0.4 is 5.32 Å². The molecule has 2 rings (SSSR count). The van der Waals surface area contributed by atoms with Gasteiger partial charge in [-0.3, -0.25) is 0 Å². The second kappa shape index (κ2) is 6.33. The number of ether oxygens (including phenoxy) is 2. The third-order valence-electron chi connectivity index (χ3n) is 4.05. The molecule has 18 heavy (non-hydrogen) atoms. The summed E-state index contributed by atoms with van der Waals surface area (Å²) in [6.45, 7) is 7.00. The summed E-state index contributed by atoms with van der Waals surface area (Å²) in [4.78, 5) is 0. The molecule has 0 spiro atoms. The molecule has 1 heterocycles. The lowest BCUT2D eigenvalue weighted by Gasteiger charge is -2.31. The van der Waals surface area contributed by atoms with Crippen molar-refractivity contribution in [2.75, 3.05) is 26.4 Å². The Hall–Kier alpha value is -0.160. The van der Waals surface area contributed by atoms with E-state index in [1.807, 2.05) is 0 Å². The van der Waals surface area contributed by atoms with E-state index in [4.69, 9.17) is 9.47 Å². The first-order valence-electron chi connectivity index (χ1n) is 7.21. The van der Waals surface area contributed by atoms with E-state index >= 15 is 0 Å². The van der Waals surface area contributed by atoms with Crippen molar-refractivity contribution in [2.45, 2.75) is 57.2 Å². The number of rotatable bonds is 6. The summed E-state index contributed by atoms with van der Waals surface area (Å²) in [5, 5.41) is 13.1. The van der Waals surface area contributed by atoms with Crippen LogP contribution in [-0.4, -0.2) is 49.2 Å². The van der Waals surface area contributed by atoms with Crippen molar-refractivity contribution >= 4 is 0 Å². The molecule has 0 amide bonds. The van der Waals surface area contributed by atoms with E-state index in [1.165, 1.54) is 0 Å². The zero-order valence-corrected chi connectivity index (χ0v) is 11.7. The third-order valence-corrected chi connectivity index (χ3v) is 4.05. The Morgan fingerprint density at radius 3 is 2.89 bits per heavy atom. The predicted octanol–water partition coefficient (Wildman–Crippen LogP) is 1.32. The van der Waals surface area contributed by atoms with Gasteiger partial charge in [0.25, 0.3) is 0 Å². The smallest absolute Gasteiger partial charge is 0.0614 e. The lowest BCUT2D eigenvalue weighted by atomic mass is 9.97. The molecule has 0 aromatic carbocycles. The van der Waals surface area contributed by atoms with Crippen LogP contribution in [-0.2, 0) is 9.47 Å². The maximum absolute atomic E-state index is 9.62. The topological polar surface area (TPSA) is 50.7 Å². The van der Waals surface area contributed by atoms with E-state index in [0.29, 0.717) is 18.1 Å². The van der Waals surface area contributed by atoms with E-state index in [0.717, 1.165) is 45.5 Å². The average Bonchev–Trinajstić information content (AvgIpc) is 2.95. The zero-order valence-electron chi connectivity index (χ0n) is 11.7. The maximum Gasteiger partial charge on any atom is 0.0614 e. The summed E-state index contributed by atoms with van der Waals surface area (Å²) < 4.78 is 11.3. The Labute approximate surface area is 110 Å². The van der Waals surface area contributed by atoms with Crippen molar-refractivity contribution in [1.82, 2.24) is 5.32 Å². The number of aliphatic hydroxyl groups is 1. The average molecular weight is 257 g/mol. The van der Waals surface area contributed by atoms with Crippen LogP contribution in [0.1, 0.15) is 39.5 Å². The Morgan fingerprint density at radius 1 is 1.44 bits per heavy atom. The summed E-state index contributed by atoms with van der Waals surface area (Å²) in [7, 11) is 0. The Balaban J connectivity index is 1.75. The van der Waals surface area contributed by atoms with Crippen molar-refractivity contribution in [3.05, 3.63) is 0 Å². The Bertz CT molecular complexity index is 253. The van der Waals surface area contributed by atoms with Gasteiger partial charge in [-0.2, -0.15) is 0 Å². The fraction of sp³-hybridized carbons (Fsp3) is 1.00. The highest BCUT2D eigenvalue weighted by Gasteiger charge is 2.39. The van der Waals surface area contributed by atoms with E-state index in [2.05, 4.69) is 19.2 Å². The van der Waals surface area contributed by atoms with E-state index < -0.39 is 0 Å². The summed E-state index contributed by atoms with van der Waals surface area (Å²) >= 11 is 0. The Morgan fingerprint density at radius 2 is 2.28 bits per heavy atom. The van der Waals surface area contributed by atoms with E-state index in [1.54, 1.807) is 0 Å². The monoisotopic (exact) mass is 257 g/mol.